The maximum Gasteiger partial charge on any atom is 0.192 e. The summed E-state index contributed by atoms with van der Waals surface area (Å²) in [6, 6.07) is 10.0. The van der Waals surface area contributed by atoms with Gasteiger partial charge in [0, 0.05) is 12.3 Å². The van der Waals surface area contributed by atoms with E-state index in [9.17, 15) is 9.90 Å². The van der Waals surface area contributed by atoms with Gasteiger partial charge in [-0.1, -0.05) is 96.2 Å². The molecule has 0 heterocycles. The third-order valence-electron chi connectivity index (χ3n) is 7.31. The van der Waals surface area contributed by atoms with Crippen molar-refractivity contribution in [1.29, 1.82) is 0 Å². The van der Waals surface area contributed by atoms with Crippen LogP contribution in [0.2, 0.25) is 18.1 Å². The number of ketones is 1. The van der Waals surface area contributed by atoms with Crippen LogP contribution in [0.5, 0.6) is 0 Å². The van der Waals surface area contributed by atoms with E-state index in [4.69, 9.17) is 4.43 Å². The molecule has 0 amide bonds. The standard InChI is InChI=1S/C30H48O3Si/c1-10-26(11-2)29(32)24(4)21-23(3)28(33-34(8,9)30(5,6)7)22-27(31)20-16-15-19-25-17-13-12-14-18-25/h10,12-20,23-24,26,28-29,32H,1,11,21-22H2,2-9H3/b19-15+,20-16+/t23-,24-,26+,28+,29-/m1/s1. The van der Waals surface area contributed by atoms with E-state index in [1.54, 1.807) is 6.08 Å². The third kappa shape index (κ3) is 9.85. The van der Waals surface area contributed by atoms with Crippen molar-refractivity contribution in [2.24, 2.45) is 17.8 Å². The van der Waals surface area contributed by atoms with Gasteiger partial charge in [0.05, 0.1) is 12.2 Å². The molecule has 0 aromatic heterocycles. The molecule has 1 aromatic rings. The van der Waals surface area contributed by atoms with Crippen LogP contribution in [-0.4, -0.2) is 31.4 Å². The maximum atomic E-state index is 12.9. The first-order valence-electron chi connectivity index (χ1n) is 12.7. The fourth-order valence-electron chi connectivity index (χ4n) is 3.92. The highest BCUT2D eigenvalue weighted by Gasteiger charge is 2.41. The number of carbonyl (C=O) groups excluding carboxylic acids is 1. The molecule has 3 nitrogen and oxygen atoms in total. The first-order valence-corrected chi connectivity index (χ1v) is 15.6. The van der Waals surface area contributed by atoms with Gasteiger partial charge in [-0.15, -0.1) is 6.58 Å². The summed E-state index contributed by atoms with van der Waals surface area (Å²) in [6.07, 6.45) is 10.6. The molecule has 1 aromatic carbocycles. The predicted molar refractivity (Wildman–Crippen MR) is 149 cm³/mol. The minimum atomic E-state index is -2.06. The zero-order valence-corrected chi connectivity index (χ0v) is 23.8. The molecule has 0 unspecified atom stereocenters. The molecule has 5 atom stereocenters. The molecule has 0 aliphatic rings. The van der Waals surface area contributed by atoms with Crippen molar-refractivity contribution in [3.63, 3.8) is 0 Å². The highest BCUT2D eigenvalue weighted by Crippen LogP contribution is 2.39. The summed E-state index contributed by atoms with van der Waals surface area (Å²) in [7, 11) is -2.06. The van der Waals surface area contributed by atoms with Crippen molar-refractivity contribution < 1.29 is 14.3 Å². The van der Waals surface area contributed by atoms with E-state index < -0.39 is 14.4 Å². The normalized spacial score (nSPS) is 17.4. The monoisotopic (exact) mass is 484 g/mol. The van der Waals surface area contributed by atoms with E-state index in [2.05, 4.69) is 61.2 Å². The quantitative estimate of drug-likeness (QED) is 0.127. The van der Waals surface area contributed by atoms with Crippen molar-refractivity contribution in [3.8, 4) is 0 Å². The van der Waals surface area contributed by atoms with E-state index >= 15 is 0 Å². The molecule has 190 valence electrons. The summed E-state index contributed by atoms with van der Waals surface area (Å²) in [6.45, 7) is 21.3. The van der Waals surface area contributed by atoms with Crippen molar-refractivity contribution in [2.45, 2.75) is 91.1 Å². The van der Waals surface area contributed by atoms with Crippen molar-refractivity contribution in [2.75, 3.05) is 0 Å². The Labute approximate surface area is 210 Å². The van der Waals surface area contributed by atoms with Crippen molar-refractivity contribution in [3.05, 3.63) is 66.8 Å². The molecule has 34 heavy (non-hydrogen) atoms. The summed E-state index contributed by atoms with van der Waals surface area (Å²) >= 11 is 0. The van der Waals surface area contributed by atoms with Gasteiger partial charge < -0.3 is 9.53 Å². The second kappa shape index (κ2) is 14.0. The number of aliphatic hydroxyl groups excluding tert-OH is 1. The number of rotatable bonds is 14. The lowest BCUT2D eigenvalue weighted by atomic mass is 9.82. The largest absolute Gasteiger partial charge is 0.413 e. The lowest BCUT2D eigenvalue weighted by molar-refractivity contribution is -0.116. The number of hydrogen-bond donors (Lipinski definition) is 1. The zero-order valence-electron chi connectivity index (χ0n) is 22.8. The highest BCUT2D eigenvalue weighted by molar-refractivity contribution is 6.74. The SMILES string of the molecule is C=C[C@@H](CC)[C@H](O)[C@H](C)C[C@@H](C)[C@H](CC(=O)/C=C/C=C/c1ccccc1)O[Si](C)(C)C(C)(C)C. The van der Waals surface area contributed by atoms with Gasteiger partial charge >= 0.3 is 0 Å². The van der Waals surface area contributed by atoms with Crippen LogP contribution in [0.3, 0.4) is 0 Å². The minimum Gasteiger partial charge on any atom is -0.413 e. The minimum absolute atomic E-state index is 0.0591. The summed E-state index contributed by atoms with van der Waals surface area (Å²) in [5, 5.41) is 10.9. The van der Waals surface area contributed by atoms with Gasteiger partial charge in [0.25, 0.3) is 0 Å². The molecule has 0 spiro atoms. The van der Waals surface area contributed by atoms with Gasteiger partial charge in [-0.25, -0.2) is 0 Å². The van der Waals surface area contributed by atoms with Gasteiger partial charge in [0.15, 0.2) is 14.1 Å². The molecule has 1 N–H and O–H groups in total. The van der Waals surface area contributed by atoms with Crippen LogP contribution in [0.4, 0.5) is 0 Å². The van der Waals surface area contributed by atoms with Gasteiger partial charge in [0.1, 0.15) is 0 Å². The predicted octanol–water partition coefficient (Wildman–Crippen LogP) is 7.84. The topological polar surface area (TPSA) is 46.5 Å². The summed E-state index contributed by atoms with van der Waals surface area (Å²) < 4.78 is 6.77. The second-order valence-electron chi connectivity index (χ2n) is 11.2. The molecule has 0 saturated carbocycles. The van der Waals surface area contributed by atoms with E-state index in [1.165, 1.54) is 0 Å². The Morgan fingerprint density at radius 1 is 1.12 bits per heavy atom. The van der Waals surface area contributed by atoms with Gasteiger partial charge in [-0.3, -0.25) is 4.79 Å². The lowest BCUT2D eigenvalue weighted by Gasteiger charge is -2.41. The van der Waals surface area contributed by atoms with E-state index in [0.717, 1.165) is 18.4 Å². The van der Waals surface area contributed by atoms with Crippen LogP contribution in [0, 0.1) is 17.8 Å². The molecule has 0 bridgehead atoms. The molecule has 0 aliphatic carbocycles. The number of allylic oxidation sites excluding steroid dienone is 3. The molecule has 1 rings (SSSR count). The van der Waals surface area contributed by atoms with Crippen LogP contribution in [0.15, 0.2) is 61.2 Å². The number of aliphatic hydroxyl groups is 1. The van der Waals surface area contributed by atoms with Crippen LogP contribution >= 0.6 is 0 Å². The Bertz CT molecular complexity index is 804. The first-order chi connectivity index (χ1) is 15.8. The molecule has 0 saturated heterocycles. The van der Waals surface area contributed by atoms with Crippen LogP contribution in [-0.2, 0) is 9.22 Å². The number of hydrogen-bond acceptors (Lipinski definition) is 3. The van der Waals surface area contributed by atoms with E-state index in [1.807, 2.05) is 54.6 Å². The Morgan fingerprint density at radius 2 is 1.74 bits per heavy atom. The number of carbonyl (C=O) groups is 1. The third-order valence-corrected chi connectivity index (χ3v) is 11.8. The van der Waals surface area contributed by atoms with E-state index in [-0.39, 0.29) is 34.7 Å². The van der Waals surface area contributed by atoms with Crippen molar-refractivity contribution in [1.82, 2.24) is 0 Å². The lowest BCUT2D eigenvalue weighted by Crippen LogP contribution is -2.46. The van der Waals surface area contributed by atoms with Gasteiger partial charge in [0.2, 0.25) is 0 Å². The molecule has 4 heteroatoms. The summed E-state index contributed by atoms with van der Waals surface area (Å²) in [5.41, 5.74) is 1.10. The highest BCUT2D eigenvalue weighted by atomic mass is 28.4. The van der Waals surface area contributed by atoms with Crippen molar-refractivity contribution >= 4 is 20.2 Å². The first kappa shape index (κ1) is 30.3. The molecular formula is C30H48O3Si. The summed E-state index contributed by atoms with van der Waals surface area (Å²) in [5.74, 6) is 0.406. The molecule has 0 aliphatic heterocycles. The van der Waals surface area contributed by atoms with E-state index in [0.29, 0.717) is 6.42 Å². The molecule has 0 fully saturated rings. The van der Waals surface area contributed by atoms with Gasteiger partial charge in [-0.2, -0.15) is 0 Å². The molecular weight excluding hydrogens is 436 g/mol. The van der Waals surface area contributed by atoms with Crippen LogP contribution < -0.4 is 0 Å². The Morgan fingerprint density at radius 3 is 2.26 bits per heavy atom. The Hall–Kier alpha value is -1.75. The maximum absolute atomic E-state index is 12.9. The van der Waals surface area contributed by atoms with Crippen LogP contribution in [0.25, 0.3) is 6.08 Å². The smallest absolute Gasteiger partial charge is 0.192 e. The molecule has 0 radical (unpaired) electrons. The Balaban J connectivity index is 2.94. The second-order valence-corrected chi connectivity index (χ2v) is 16.0. The van der Waals surface area contributed by atoms with Crippen LogP contribution in [0.1, 0.15) is 66.4 Å². The average Bonchev–Trinajstić information content (AvgIpc) is 2.76. The fourth-order valence-corrected chi connectivity index (χ4v) is 5.35. The number of benzene rings is 1. The summed E-state index contributed by atoms with van der Waals surface area (Å²) in [4.78, 5) is 12.9. The Kier molecular flexibility index (Phi) is 12.4. The average molecular weight is 485 g/mol. The van der Waals surface area contributed by atoms with Gasteiger partial charge in [-0.05, 0) is 54.4 Å². The zero-order chi connectivity index (χ0) is 25.9. The fraction of sp³-hybridized carbons (Fsp3) is 0.567.